The number of carbonyl (C=O) groups excluding carboxylic acids is 1. The van der Waals surface area contributed by atoms with Gasteiger partial charge >= 0.3 is 11.8 Å². The first-order chi connectivity index (χ1) is 9.95. The van der Waals surface area contributed by atoms with E-state index < -0.39 is 28.8 Å². The third-order valence-electron chi connectivity index (χ3n) is 3.47. The molecule has 0 aromatic carbocycles. The largest absolute Gasteiger partial charge is 0.481 e. The van der Waals surface area contributed by atoms with Crippen LogP contribution in [0.2, 0.25) is 0 Å². The second-order valence-electron chi connectivity index (χ2n) is 4.66. The molecule has 0 aliphatic carbocycles. The molecule has 0 bridgehead atoms. The van der Waals surface area contributed by atoms with Crippen molar-refractivity contribution < 1.29 is 24.4 Å². The number of rotatable bonds is 5. The number of nitrogens with one attached hydrogen (secondary N) is 1. The van der Waals surface area contributed by atoms with E-state index in [9.17, 15) is 19.7 Å². The molecule has 0 saturated carbocycles. The van der Waals surface area contributed by atoms with Crippen molar-refractivity contribution in [1.82, 2.24) is 9.88 Å². The lowest BCUT2D eigenvalue weighted by Gasteiger charge is -2.28. The lowest BCUT2D eigenvalue weighted by atomic mass is 10.0. The van der Waals surface area contributed by atoms with Gasteiger partial charge in [0.1, 0.15) is 5.92 Å². The lowest BCUT2D eigenvalue weighted by molar-refractivity contribution is -0.389. The Kier molecular flexibility index (Phi) is 4.22. The SMILES string of the molecule is CCN(C(=O)c1ccc([N+](=O)[O-])[nH]1)C1COCC1C(=O)O. The van der Waals surface area contributed by atoms with Gasteiger partial charge in [0, 0.05) is 12.6 Å². The van der Waals surface area contributed by atoms with Gasteiger partial charge in [0.15, 0.2) is 5.69 Å². The molecular weight excluding hydrogens is 282 g/mol. The number of likely N-dealkylation sites (N-methyl/N-ethyl adjacent to an activating group) is 1. The third kappa shape index (κ3) is 2.87. The minimum atomic E-state index is -1.03. The molecule has 1 aliphatic rings. The van der Waals surface area contributed by atoms with Gasteiger partial charge < -0.3 is 24.9 Å². The van der Waals surface area contributed by atoms with Crippen LogP contribution in [0.25, 0.3) is 0 Å². The highest BCUT2D eigenvalue weighted by Gasteiger charge is 2.40. The molecule has 1 amide bonds. The summed E-state index contributed by atoms with van der Waals surface area (Å²) in [4.78, 5) is 37.3. The fraction of sp³-hybridized carbons (Fsp3) is 0.500. The number of carboxylic acids is 1. The number of amides is 1. The Labute approximate surface area is 119 Å². The number of nitro groups is 1. The molecule has 2 heterocycles. The standard InChI is InChI=1S/C12H15N3O6/c1-2-14(9-6-21-5-7(9)12(17)18)11(16)8-3-4-10(13-8)15(19)20/h3-4,7,9,13H,2,5-6H2,1H3,(H,17,18). The predicted molar refractivity (Wildman–Crippen MR) is 69.9 cm³/mol. The van der Waals surface area contributed by atoms with Gasteiger partial charge in [-0.05, 0) is 17.9 Å². The number of ether oxygens (including phenoxy) is 1. The van der Waals surface area contributed by atoms with E-state index in [2.05, 4.69) is 4.98 Å². The molecule has 2 N–H and O–H groups in total. The van der Waals surface area contributed by atoms with Gasteiger partial charge in [0.25, 0.3) is 5.91 Å². The van der Waals surface area contributed by atoms with Crippen LogP contribution in [-0.2, 0) is 9.53 Å². The molecule has 0 spiro atoms. The minimum absolute atomic E-state index is 0.0503. The molecule has 9 nitrogen and oxygen atoms in total. The highest BCUT2D eigenvalue weighted by molar-refractivity contribution is 5.93. The Hall–Kier alpha value is -2.42. The Morgan fingerprint density at radius 1 is 1.52 bits per heavy atom. The Morgan fingerprint density at radius 3 is 2.76 bits per heavy atom. The number of carboxylic acid groups (broad SMARTS) is 1. The van der Waals surface area contributed by atoms with Crippen LogP contribution in [-0.4, -0.2) is 57.6 Å². The molecule has 1 saturated heterocycles. The Balaban J connectivity index is 2.21. The molecule has 1 fully saturated rings. The average Bonchev–Trinajstić information content (AvgIpc) is 3.08. The lowest BCUT2D eigenvalue weighted by Crippen LogP contribution is -2.46. The van der Waals surface area contributed by atoms with Crippen LogP contribution in [0.3, 0.4) is 0 Å². The predicted octanol–water partition coefficient (Wildman–Crippen LogP) is 0.485. The molecule has 2 rings (SSSR count). The Morgan fingerprint density at radius 2 is 2.24 bits per heavy atom. The molecule has 2 unspecified atom stereocenters. The van der Waals surface area contributed by atoms with Crippen LogP contribution in [0.5, 0.6) is 0 Å². The summed E-state index contributed by atoms with van der Waals surface area (Å²) in [6, 6.07) is 1.93. The first-order valence-electron chi connectivity index (χ1n) is 6.40. The normalized spacial score (nSPS) is 21.2. The summed E-state index contributed by atoms with van der Waals surface area (Å²) in [5.41, 5.74) is 0.0552. The van der Waals surface area contributed by atoms with Crippen molar-refractivity contribution in [2.45, 2.75) is 13.0 Å². The Bertz CT molecular complexity index is 569. The van der Waals surface area contributed by atoms with Crippen molar-refractivity contribution >= 4 is 17.7 Å². The van der Waals surface area contributed by atoms with Crippen molar-refractivity contribution in [3.63, 3.8) is 0 Å². The summed E-state index contributed by atoms with van der Waals surface area (Å²) in [5, 5.41) is 19.8. The van der Waals surface area contributed by atoms with Gasteiger partial charge in [-0.3, -0.25) is 9.59 Å². The fourth-order valence-electron chi connectivity index (χ4n) is 2.38. The zero-order chi connectivity index (χ0) is 15.6. The van der Waals surface area contributed by atoms with E-state index in [-0.39, 0.29) is 31.3 Å². The maximum atomic E-state index is 12.4. The molecular formula is C12H15N3O6. The van der Waals surface area contributed by atoms with E-state index in [1.165, 1.54) is 17.0 Å². The van der Waals surface area contributed by atoms with Crippen molar-refractivity contribution in [2.24, 2.45) is 5.92 Å². The molecule has 0 radical (unpaired) electrons. The number of nitrogens with zero attached hydrogens (tertiary/aromatic N) is 2. The van der Waals surface area contributed by atoms with E-state index in [1.807, 2.05) is 0 Å². The zero-order valence-electron chi connectivity index (χ0n) is 11.3. The quantitative estimate of drug-likeness (QED) is 0.601. The van der Waals surface area contributed by atoms with Crippen LogP contribution < -0.4 is 0 Å². The highest BCUT2D eigenvalue weighted by Crippen LogP contribution is 2.22. The summed E-state index contributed by atoms with van der Waals surface area (Å²) in [5.74, 6) is -2.58. The smallest absolute Gasteiger partial charge is 0.321 e. The number of hydrogen-bond donors (Lipinski definition) is 2. The average molecular weight is 297 g/mol. The second-order valence-corrected chi connectivity index (χ2v) is 4.66. The minimum Gasteiger partial charge on any atom is -0.481 e. The van der Waals surface area contributed by atoms with Crippen LogP contribution in [0.15, 0.2) is 12.1 Å². The van der Waals surface area contributed by atoms with E-state index in [1.54, 1.807) is 6.92 Å². The van der Waals surface area contributed by atoms with Gasteiger partial charge in [0.2, 0.25) is 0 Å². The number of aliphatic carboxylic acids is 1. The summed E-state index contributed by atoms with van der Waals surface area (Å²) in [6.45, 7) is 2.18. The molecule has 2 atom stereocenters. The van der Waals surface area contributed by atoms with E-state index in [0.29, 0.717) is 0 Å². The summed E-state index contributed by atoms with van der Waals surface area (Å²) in [7, 11) is 0. The summed E-state index contributed by atoms with van der Waals surface area (Å²) >= 11 is 0. The van der Waals surface area contributed by atoms with Crippen molar-refractivity contribution in [1.29, 1.82) is 0 Å². The number of H-pyrrole nitrogens is 1. The van der Waals surface area contributed by atoms with Gasteiger partial charge in [0.05, 0.1) is 19.3 Å². The van der Waals surface area contributed by atoms with E-state index in [0.717, 1.165) is 0 Å². The van der Waals surface area contributed by atoms with Crippen LogP contribution in [0.1, 0.15) is 17.4 Å². The van der Waals surface area contributed by atoms with E-state index in [4.69, 9.17) is 9.84 Å². The van der Waals surface area contributed by atoms with E-state index >= 15 is 0 Å². The van der Waals surface area contributed by atoms with Crippen molar-refractivity contribution in [3.05, 3.63) is 27.9 Å². The van der Waals surface area contributed by atoms with Gasteiger partial charge in [-0.15, -0.1) is 0 Å². The first-order valence-corrected chi connectivity index (χ1v) is 6.40. The number of carbonyl (C=O) groups is 2. The van der Waals surface area contributed by atoms with Crippen LogP contribution in [0.4, 0.5) is 5.82 Å². The molecule has 9 heteroatoms. The molecule has 1 aromatic rings. The number of hydrogen-bond acceptors (Lipinski definition) is 5. The second kappa shape index (κ2) is 5.92. The zero-order valence-corrected chi connectivity index (χ0v) is 11.3. The van der Waals surface area contributed by atoms with Crippen LogP contribution >= 0.6 is 0 Å². The molecule has 114 valence electrons. The number of aromatic amines is 1. The summed E-state index contributed by atoms with van der Waals surface area (Å²) < 4.78 is 5.15. The van der Waals surface area contributed by atoms with Crippen molar-refractivity contribution in [3.8, 4) is 0 Å². The molecule has 1 aliphatic heterocycles. The maximum absolute atomic E-state index is 12.4. The van der Waals surface area contributed by atoms with Crippen molar-refractivity contribution in [2.75, 3.05) is 19.8 Å². The number of aromatic nitrogens is 1. The topological polar surface area (TPSA) is 126 Å². The van der Waals surface area contributed by atoms with Crippen LogP contribution in [0, 0.1) is 16.0 Å². The first kappa shape index (κ1) is 15.0. The fourth-order valence-corrected chi connectivity index (χ4v) is 2.38. The third-order valence-corrected chi connectivity index (χ3v) is 3.47. The molecule has 21 heavy (non-hydrogen) atoms. The van der Waals surface area contributed by atoms with Gasteiger partial charge in [-0.25, -0.2) is 4.98 Å². The monoisotopic (exact) mass is 297 g/mol. The summed E-state index contributed by atoms with van der Waals surface area (Å²) in [6.07, 6.45) is 0. The van der Waals surface area contributed by atoms with Gasteiger partial charge in [-0.1, -0.05) is 0 Å². The van der Waals surface area contributed by atoms with Gasteiger partial charge in [-0.2, -0.15) is 0 Å². The highest BCUT2D eigenvalue weighted by atomic mass is 16.6. The molecule has 1 aromatic heterocycles. The maximum Gasteiger partial charge on any atom is 0.321 e.